The fourth-order valence-corrected chi connectivity index (χ4v) is 10.5. The monoisotopic (exact) mass is 748 g/mol. The topological polar surface area (TPSA) is 158 Å². The molecule has 12 nitrogen and oxygen atoms in total. The Morgan fingerprint density at radius 3 is 1.87 bits per heavy atom. The van der Waals surface area contributed by atoms with E-state index in [-0.39, 0.29) is 61.7 Å². The van der Waals surface area contributed by atoms with E-state index in [1.165, 1.54) is 13.3 Å². The van der Waals surface area contributed by atoms with E-state index in [9.17, 15) is 28.8 Å². The Bertz CT molecular complexity index is 1290. The highest BCUT2D eigenvalue weighted by molar-refractivity contribution is 5.79. The van der Waals surface area contributed by atoms with Gasteiger partial charge in [-0.25, -0.2) is 4.79 Å². The van der Waals surface area contributed by atoms with E-state index in [2.05, 4.69) is 13.8 Å². The highest BCUT2D eigenvalue weighted by Crippen LogP contribution is 2.67. The van der Waals surface area contributed by atoms with Gasteiger partial charge in [-0.05, 0) is 118 Å². The molecular formula is C41H64O12. The molecule has 0 aromatic rings. The molecule has 10 atom stereocenters. The number of carbonyl (C=O) groups excluding carboxylic acids is 6. The molecule has 0 heterocycles. The van der Waals surface area contributed by atoms with Crippen LogP contribution in [0.4, 0.5) is 4.79 Å². The number of ether oxygens (including phenoxy) is 6. The van der Waals surface area contributed by atoms with Crippen molar-refractivity contribution in [2.45, 2.75) is 163 Å². The maximum absolute atomic E-state index is 12.8. The van der Waals surface area contributed by atoms with Crippen LogP contribution in [0.15, 0.2) is 0 Å². The van der Waals surface area contributed by atoms with Gasteiger partial charge in [0, 0.05) is 38.5 Å². The Kier molecular flexibility index (Phi) is 15.2. The largest absolute Gasteiger partial charge is 0.511 e. The van der Waals surface area contributed by atoms with E-state index >= 15 is 0 Å². The Morgan fingerprint density at radius 2 is 1.26 bits per heavy atom. The maximum atomic E-state index is 12.8. The van der Waals surface area contributed by atoms with Crippen LogP contribution in [0.5, 0.6) is 0 Å². The van der Waals surface area contributed by atoms with Gasteiger partial charge in [-0.2, -0.15) is 0 Å². The number of hydrogen-bond donors (Lipinski definition) is 0. The van der Waals surface area contributed by atoms with Crippen LogP contribution >= 0.6 is 0 Å². The van der Waals surface area contributed by atoms with Gasteiger partial charge >= 0.3 is 30.0 Å². The zero-order chi connectivity index (χ0) is 38.9. The van der Waals surface area contributed by atoms with Gasteiger partial charge in [-0.15, -0.1) is 0 Å². The predicted octanol–water partition coefficient (Wildman–Crippen LogP) is 7.66. The third kappa shape index (κ3) is 11.0. The van der Waals surface area contributed by atoms with Crippen LogP contribution in [-0.4, -0.2) is 67.5 Å². The van der Waals surface area contributed by atoms with Crippen molar-refractivity contribution in [2.75, 3.05) is 13.2 Å². The lowest BCUT2D eigenvalue weighted by Gasteiger charge is -2.61. The molecule has 0 aromatic heterocycles. The predicted molar refractivity (Wildman–Crippen MR) is 193 cm³/mol. The summed E-state index contributed by atoms with van der Waals surface area (Å²) in [6.07, 6.45) is 7.31. The molecule has 0 amide bonds. The zero-order valence-electron chi connectivity index (χ0n) is 33.1. The third-order valence-corrected chi connectivity index (χ3v) is 13.0. The Labute approximate surface area is 315 Å². The molecule has 0 N–H and O–H groups in total. The molecule has 4 fully saturated rings. The summed E-state index contributed by atoms with van der Waals surface area (Å²) in [4.78, 5) is 74.2. The molecule has 4 saturated carbocycles. The van der Waals surface area contributed by atoms with Crippen LogP contribution in [-0.2, 0) is 52.4 Å². The van der Waals surface area contributed by atoms with Crippen LogP contribution in [0.1, 0.15) is 145 Å². The number of hydrogen-bond acceptors (Lipinski definition) is 12. The van der Waals surface area contributed by atoms with Crippen molar-refractivity contribution in [1.29, 1.82) is 0 Å². The molecule has 0 aromatic carbocycles. The standard InChI is InChI=1S/C41H64O12/c1-8-10-35(43)48-23-30(24-49-36(44)11-9-2)52-38(46)21-25(3)20-37(45)50-27(5)51-39(47)53-29-16-18-40(6)28(22-29)12-13-31-33-15-14-32(26(4)42)41(33,7)19-17-34(31)40/h25,27-34H,8-24H2,1-7H3/t25?,27?,28?,29-,31+,32-,33?,34?,40+,41-/m1/s1. The van der Waals surface area contributed by atoms with Gasteiger partial charge in [0.2, 0.25) is 6.29 Å². The first-order valence-corrected chi connectivity index (χ1v) is 20.2. The molecule has 0 aliphatic heterocycles. The minimum absolute atomic E-state index is 0.132. The van der Waals surface area contributed by atoms with Crippen molar-refractivity contribution < 1.29 is 57.2 Å². The molecule has 12 heteroatoms. The lowest BCUT2D eigenvalue weighted by Crippen LogP contribution is -2.54. The summed E-state index contributed by atoms with van der Waals surface area (Å²) in [5, 5.41) is 0. The fourth-order valence-electron chi connectivity index (χ4n) is 10.5. The molecule has 300 valence electrons. The van der Waals surface area contributed by atoms with E-state index in [0.29, 0.717) is 42.3 Å². The van der Waals surface area contributed by atoms with E-state index in [4.69, 9.17) is 28.4 Å². The SMILES string of the molecule is CCCC(=O)OCC(COC(=O)CCC)OC(=O)CC(C)CC(=O)OC(C)OC(=O)O[C@@H]1CC[C@@]2(C)C(CC[C@@H]3C2CC[C@@]2(C)C3CC[C@@H]2C(C)=O)C1. The van der Waals surface area contributed by atoms with Gasteiger partial charge in [-0.3, -0.25) is 24.0 Å². The van der Waals surface area contributed by atoms with E-state index < -0.39 is 48.3 Å². The van der Waals surface area contributed by atoms with E-state index in [1.807, 2.05) is 13.8 Å². The number of Topliss-reactive ketones (excluding diaryl/α,β-unsaturated/α-hetero) is 1. The summed E-state index contributed by atoms with van der Waals surface area (Å²) in [6.45, 7) is 12.9. The van der Waals surface area contributed by atoms with Crippen molar-refractivity contribution in [3.8, 4) is 0 Å². The summed E-state index contributed by atoms with van der Waals surface area (Å²) < 4.78 is 32.1. The number of esters is 4. The molecule has 4 aliphatic rings. The quantitative estimate of drug-likeness (QED) is 0.0814. The molecular weight excluding hydrogens is 684 g/mol. The summed E-state index contributed by atoms with van der Waals surface area (Å²) >= 11 is 0. The molecule has 53 heavy (non-hydrogen) atoms. The van der Waals surface area contributed by atoms with Crippen molar-refractivity contribution >= 4 is 35.8 Å². The summed E-state index contributed by atoms with van der Waals surface area (Å²) in [5.41, 5.74) is 0.325. The zero-order valence-corrected chi connectivity index (χ0v) is 33.1. The average Bonchev–Trinajstić information content (AvgIpc) is 3.43. The Morgan fingerprint density at radius 1 is 0.679 bits per heavy atom. The summed E-state index contributed by atoms with van der Waals surface area (Å²) in [5.74, 6) is 0.234. The second-order valence-corrected chi connectivity index (χ2v) is 16.9. The summed E-state index contributed by atoms with van der Waals surface area (Å²) in [7, 11) is 0. The number of fused-ring (bicyclic) bond motifs is 5. The van der Waals surface area contributed by atoms with Crippen LogP contribution in [0.2, 0.25) is 0 Å². The second kappa shape index (κ2) is 18.9. The normalized spacial score (nSPS) is 31.5. The smallest absolute Gasteiger partial charge is 0.462 e. The lowest BCUT2D eigenvalue weighted by molar-refractivity contribution is -0.173. The minimum atomic E-state index is -1.18. The van der Waals surface area contributed by atoms with Gasteiger partial charge in [-0.1, -0.05) is 34.6 Å². The third-order valence-electron chi connectivity index (χ3n) is 13.0. The van der Waals surface area contributed by atoms with E-state index in [1.54, 1.807) is 13.8 Å². The Hall–Kier alpha value is -3.18. The van der Waals surface area contributed by atoms with Crippen molar-refractivity contribution in [1.82, 2.24) is 0 Å². The van der Waals surface area contributed by atoms with Crippen molar-refractivity contribution in [3.63, 3.8) is 0 Å². The number of carbonyl (C=O) groups is 6. The summed E-state index contributed by atoms with van der Waals surface area (Å²) in [6, 6.07) is 0. The molecule has 0 bridgehead atoms. The highest BCUT2D eigenvalue weighted by Gasteiger charge is 2.61. The first-order chi connectivity index (χ1) is 25.1. The average molecular weight is 749 g/mol. The van der Waals surface area contributed by atoms with Crippen LogP contribution in [0.25, 0.3) is 0 Å². The first-order valence-electron chi connectivity index (χ1n) is 20.2. The molecule has 4 rings (SSSR count). The van der Waals surface area contributed by atoms with E-state index in [0.717, 1.165) is 51.4 Å². The minimum Gasteiger partial charge on any atom is -0.462 e. The fraction of sp³-hybridized carbons (Fsp3) is 0.854. The van der Waals surface area contributed by atoms with Gasteiger partial charge in [0.05, 0.1) is 0 Å². The first kappa shape index (κ1) is 42.6. The lowest BCUT2D eigenvalue weighted by atomic mass is 9.44. The highest BCUT2D eigenvalue weighted by atomic mass is 16.8. The van der Waals surface area contributed by atoms with Crippen LogP contribution in [0.3, 0.4) is 0 Å². The number of rotatable bonds is 17. The van der Waals surface area contributed by atoms with Gasteiger partial charge in [0.25, 0.3) is 0 Å². The molecule has 4 aliphatic carbocycles. The van der Waals surface area contributed by atoms with Gasteiger partial charge in [0.15, 0.2) is 6.10 Å². The second-order valence-electron chi connectivity index (χ2n) is 16.9. The van der Waals surface area contributed by atoms with Crippen molar-refractivity contribution in [2.24, 2.45) is 46.3 Å². The molecule has 0 spiro atoms. The van der Waals surface area contributed by atoms with Gasteiger partial charge in [0.1, 0.15) is 25.1 Å². The molecule has 0 radical (unpaired) electrons. The molecule has 0 saturated heterocycles. The molecule has 5 unspecified atom stereocenters. The van der Waals surface area contributed by atoms with Crippen LogP contribution in [0, 0.1) is 46.3 Å². The number of ketones is 1. The van der Waals surface area contributed by atoms with Crippen LogP contribution < -0.4 is 0 Å². The maximum Gasteiger partial charge on any atom is 0.511 e. The van der Waals surface area contributed by atoms with Crippen molar-refractivity contribution in [3.05, 3.63) is 0 Å². The van der Waals surface area contributed by atoms with Gasteiger partial charge < -0.3 is 28.4 Å². The Balaban J connectivity index is 1.18.